The van der Waals surface area contributed by atoms with E-state index in [9.17, 15) is 15.0 Å². The number of fused-ring (bicyclic) bond motifs is 1. The van der Waals surface area contributed by atoms with Crippen molar-refractivity contribution in [1.82, 2.24) is 0 Å². The number of allylic oxidation sites excluding steroid dienone is 2. The predicted octanol–water partition coefficient (Wildman–Crippen LogP) is 4.32. The summed E-state index contributed by atoms with van der Waals surface area (Å²) in [6, 6.07) is 0. The van der Waals surface area contributed by atoms with Crippen LogP contribution >= 0.6 is 0 Å². The van der Waals surface area contributed by atoms with Crippen molar-refractivity contribution >= 4 is 5.97 Å². The van der Waals surface area contributed by atoms with Crippen LogP contribution in [0.1, 0.15) is 71.6 Å². The van der Waals surface area contributed by atoms with Crippen LogP contribution in [-0.2, 0) is 4.79 Å². The second-order valence-corrected chi connectivity index (χ2v) is 8.44. The van der Waals surface area contributed by atoms with Crippen LogP contribution < -0.4 is 0 Å². The predicted molar refractivity (Wildman–Crippen MR) is 104 cm³/mol. The second kappa shape index (κ2) is 10.3. The molecule has 0 aromatic rings. The Morgan fingerprint density at radius 1 is 1.35 bits per heavy atom. The topological polar surface area (TPSA) is 77.8 Å². The van der Waals surface area contributed by atoms with E-state index in [-0.39, 0.29) is 18.4 Å². The molecule has 26 heavy (non-hydrogen) atoms. The minimum atomic E-state index is -0.730. The Balaban J connectivity index is 1.85. The van der Waals surface area contributed by atoms with Crippen LogP contribution in [0.3, 0.4) is 0 Å². The molecular weight excluding hydrogens is 328 g/mol. The first-order valence-corrected chi connectivity index (χ1v) is 10.3. The van der Waals surface area contributed by atoms with Gasteiger partial charge in [-0.2, -0.15) is 0 Å². The lowest BCUT2D eigenvalue weighted by Gasteiger charge is -2.18. The van der Waals surface area contributed by atoms with Crippen molar-refractivity contribution in [3.63, 3.8) is 0 Å². The maximum Gasteiger partial charge on any atom is 0.303 e. The highest BCUT2D eigenvalue weighted by Gasteiger charge is 2.44. The van der Waals surface area contributed by atoms with Crippen molar-refractivity contribution in [1.29, 1.82) is 0 Å². The maximum absolute atomic E-state index is 10.6. The number of carboxylic acids is 1. The Morgan fingerprint density at radius 2 is 2.12 bits per heavy atom. The minimum absolute atomic E-state index is 0.140. The summed E-state index contributed by atoms with van der Waals surface area (Å²) in [5.74, 6) is 0.925. The number of aliphatic hydroxyl groups is 2. The largest absolute Gasteiger partial charge is 0.481 e. The number of rotatable bonds is 10. The summed E-state index contributed by atoms with van der Waals surface area (Å²) in [6.07, 6.45) is 13.2. The zero-order valence-corrected chi connectivity index (χ0v) is 16.3. The molecule has 0 spiro atoms. The van der Waals surface area contributed by atoms with Crippen molar-refractivity contribution in [2.24, 2.45) is 23.7 Å². The van der Waals surface area contributed by atoms with Crippen molar-refractivity contribution in [2.45, 2.75) is 83.8 Å². The summed E-state index contributed by atoms with van der Waals surface area (Å²) < 4.78 is 0. The summed E-state index contributed by atoms with van der Waals surface area (Å²) in [4.78, 5) is 10.6. The normalized spacial score (nSPS) is 32.2. The van der Waals surface area contributed by atoms with E-state index in [1.165, 1.54) is 5.57 Å². The lowest BCUT2D eigenvalue weighted by atomic mass is 9.89. The highest BCUT2D eigenvalue weighted by Crippen LogP contribution is 2.50. The monoisotopic (exact) mass is 364 g/mol. The van der Waals surface area contributed by atoms with Gasteiger partial charge in [0.15, 0.2) is 0 Å². The number of hydrogen-bond acceptors (Lipinski definition) is 3. The molecule has 0 radical (unpaired) electrons. The molecule has 0 bridgehead atoms. The van der Waals surface area contributed by atoms with Crippen LogP contribution in [-0.4, -0.2) is 33.5 Å². The third kappa shape index (κ3) is 6.24. The molecule has 0 saturated heterocycles. The van der Waals surface area contributed by atoms with Crippen molar-refractivity contribution in [3.8, 4) is 0 Å². The van der Waals surface area contributed by atoms with Gasteiger partial charge in [0.2, 0.25) is 0 Å². The van der Waals surface area contributed by atoms with Crippen molar-refractivity contribution in [3.05, 3.63) is 23.8 Å². The third-order valence-electron chi connectivity index (χ3n) is 6.12. The van der Waals surface area contributed by atoms with Gasteiger partial charge in [-0.15, -0.1) is 0 Å². The smallest absolute Gasteiger partial charge is 0.303 e. The fourth-order valence-corrected chi connectivity index (χ4v) is 4.86. The highest BCUT2D eigenvalue weighted by atomic mass is 16.4. The molecule has 2 aliphatic rings. The van der Waals surface area contributed by atoms with Gasteiger partial charge in [0, 0.05) is 12.3 Å². The van der Waals surface area contributed by atoms with Crippen LogP contribution in [0.2, 0.25) is 0 Å². The maximum atomic E-state index is 10.6. The molecule has 6 atom stereocenters. The van der Waals surface area contributed by atoms with Crippen LogP contribution in [0.25, 0.3) is 0 Å². The Morgan fingerprint density at radius 3 is 2.81 bits per heavy atom. The van der Waals surface area contributed by atoms with Crippen LogP contribution in [0.15, 0.2) is 23.8 Å². The van der Waals surface area contributed by atoms with Crippen LogP contribution in [0.4, 0.5) is 0 Å². The third-order valence-corrected chi connectivity index (χ3v) is 6.12. The van der Waals surface area contributed by atoms with Gasteiger partial charge in [0.05, 0.1) is 12.2 Å². The standard InChI is InChI=1S/C22H36O4/c1-3-6-15(2)11-18(23)9-10-19-20-13-16(7-4-5-8-22(25)26)12-17(20)14-21(19)24/h7,9-10,15,17-21,23-24H,3-6,8,11-14H2,1-2H3,(H,25,26)/t15?,17?,18?,19-,20+,21?/m1/s1. The average Bonchev–Trinajstić information content (AvgIpc) is 3.06. The number of aliphatic hydroxyl groups excluding tert-OH is 2. The fourth-order valence-electron chi connectivity index (χ4n) is 4.86. The van der Waals surface area contributed by atoms with Gasteiger partial charge in [-0.05, 0) is 56.3 Å². The van der Waals surface area contributed by atoms with Gasteiger partial charge in [-0.25, -0.2) is 0 Å². The van der Waals surface area contributed by atoms with E-state index in [1.54, 1.807) is 0 Å². The Bertz CT molecular complexity index is 510. The lowest BCUT2D eigenvalue weighted by Crippen LogP contribution is -2.18. The fraction of sp³-hybridized carbons (Fsp3) is 0.773. The minimum Gasteiger partial charge on any atom is -0.481 e. The Labute approximate surface area is 158 Å². The van der Waals surface area contributed by atoms with E-state index in [0.29, 0.717) is 24.2 Å². The van der Waals surface area contributed by atoms with Crippen LogP contribution in [0, 0.1) is 23.7 Å². The molecule has 0 heterocycles. The molecule has 4 nitrogen and oxygen atoms in total. The van der Waals surface area contributed by atoms with E-state index in [4.69, 9.17) is 5.11 Å². The molecule has 4 unspecified atom stereocenters. The molecule has 148 valence electrons. The zero-order valence-electron chi connectivity index (χ0n) is 16.3. The SMILES string of the molecule is CCCC(C)CC(O)C=C[C@H]1C(O)CC2CC(=CCCCC(=O)O)C[C@@H]21. The molecule has 4 heteroatoms. The first kappa shape index (κ1) is 21.2. The Kier molecular flexibility index (Phi) is 8.36. The molecule has 2 saturated carbocycles. The van der Waals surface area contributed by atoms with Gasteiger partial charge < -0.3 is 15.3 Å². The summed E-state index contributed by atoms with van der Waals surface area (Å²) in [7, 11) is 0. The van der Waals surface area contributed by atoms with E-state index < -0.39 is 12.1 Å². The highest BCUT2D eigenvalue weighted by molar-refractivity contribution is 5.66. The number of carbonyl (C=O) groups is 1. The molecule has 2 aliphatic carbocycles. The first-order valence-electron chi connectivity index (χ1n) is 10.3. The molecule has 2 fully saturated rings. The lowest BCUT2D eigenvalue weighted by molar-refractivity contribution is -0.137. The quantitative estimate of drug-likeness (QED) is 0.398. The summed E-state index contributed by atoms with van der Waals surface area (Å²) in [5.41, 5.74) is 1.42. The molecule has 3 N–H and O–H groups in total. The zero-order chi connectivity index (χ0) is 19.1. The molecule has 0 amide bonds. The van der Waals surface area contributed by atoms with E-state index in [0.717, 1.165) is 44.9 Å². The van der Waals surface area contributed by atoms with Gasteiger partial charge in [0.25, 0.3) is 0 Å². The number of aliphatic carboxylic acids is 1. The van der Waals surface area contributed by atoms with Gasteiger partial charge >= 0.3 is 5.97 Å². The summed E-state index contributed by atoms with van der Waals surface area (Å²) in [6.45, 7) is 4.35. The molecule has 0 aromatic heterocycles. The Hall–Kier alpha value is -1.13. The van der Waals surface area contributed by atoms with Crippen molar-refractivity contribution < 1.29 is 20.1 Å². The summed E-state index contributed by atoms with van der Waals surface area (Å²) in [5, 5.41) is 29.4. The van der Waals surface area contributed by atoms with E-state index in [2.05, 4.69) is 26.0 Å². The van der Waals surface area contributed by atoms with Crippen molar-refractivity contribution in [2.75, 3.05) is 0 Å². The second-order valence-electron chi connectivity index (χ2n) is 8.44. The number of hydrogen-bond donors (Lipinski definition) is 3. The molecule has 0 aromatic carbocycles. The summed E-state index contributed by atoms with van der Waals surface area (Å²) >= 11 is 0. The van der Waals surface area contributed by atoms with E-state index in [1.807, 2.05) is 6.08 Å². The number of unbranched alkanes of at least 4 members (excludes halogenated alkanes) is 1. The molecule has 2 rings (SSSR count). The number of carboxylic acid groups (broad SMARTS) is 1. The van der Waals surface area contributed by atoms with Gasteiger partial charge in [0.1, 0.15) is 0 Å². The van der Waals surface area contributed by atoms with Crippen LogP contribution in [0.5, 0.6) is 0 Å². The first-order chi connectivity index (χ1) is 12.4. The van der Waals surface area contributed by atoms with Gasteiger partial charge in [-0.1, -0.05) is 50.5 Å². The average molecular weight is 365 g/mol. The molecule has 0 aliphatic heterocycles. The van der Waals surface area contributed by atoms with E-state index >= 15 is 0 Å². The molecular formula is C22H36O4. The van der Waals surface area contributed by atoms with Gasteiger partial charge in [-0.3, -0.25) is 4.79 Å².